The summed E-state index contributed by atoms with van der Waals surface area (Å²) in [6.45, 7) is 3.55. The van der Waals surface area contributed by atoms with E-state index in [9.17, 15) is 18.0 Å². The van der Waals surface area contributed by atoms with E-state index in [1.807, 2.05) is 19.2 Å². The summed E-state index contributed by atoms with van der Waals surface area (Å²) < 4.78 is 41.6. The Kier molecular flexibility index (Phi) is 5.17. The van der Waals surface area contributed by atoms with Crippen molar-refractivity contribution in [1.82, 2.24) is 10.2 Å². The molecule has 0 aromatic carbocycles. The third kappa shape index (κ3) is 6.22. The number of nitrogens with two attached hydrogens (primary N) is 1. The molecule has 1 unspecified atom stereocenters. The van der Waals surface area contributed by atoms with Gasteiger partial charge in [0.25, 0.3) is 0 Å². The number of carbonyl (C=O) groups excluding carboxylic acids is 1. The lowest BCUT2D eigenvalue weighted by Gasteiger charge is -2.42. The van der Waals surface area contributed by atoms with E-state index in [-0.39, 0.29) is 12.6 Å². The molecule has 1 amide bonds. The summed E-state index contributed by atoms with van der Waals surface area (Å²) in [7, 11) is 0. The number of hydrogen-bond donors (Lipinski definition) is 2. The molecular weight excluding hydrogens is 263 g/mol. The Hall–Kier alpha value is -0.860. The maximum Gasteiger partial charge on any atom is 0.405 e. The molecule has 0 aliphatic carbocycles. The van der Waals surface area contributed by atoms with Crippen LogP contribution in [0.15, 0.2) is 0 Å². The Morgan fingerprint density at radius 2 is 2.16 bits per heavy atom. The van der Waals surface area contributed by atoms with Crippen molar-refractivity contribution in [2.75, 3.05) is 32.7 Å². The van der Waals surface area contributed by atoms with Crippen LogP contribution >= 0.6 is 0 Å². The highest BCUT2D eigenvalue weighted by molar-refractivity contribution is 5.78. The van der Waals surface area contributed by atoms with Crippen LogP contribution in [0.25, 0.3) is 0 Å². The minimum atomic E-state index is -4.39. The fourth-order valence-corrected chi connectivity index (χ4v) is 2.12. The van der Waals surface area contributed by atoms with Crippen molar-refractivity contribution < 1.29 is 22.7 Å². The van der Waals surface area contributed by atoms with E-state index in [0.29, 0.717) is 19.6 Å². The number of nitrogens with zero attached hydrogens (tertiary/aromatic N) is 1. The van der Waals surface area contributed by atoms with Crippen molar-refractivity contribution in [3.05, 3.63) is 0 Å². The van der Waals surface area contributed by atoms with Gasteiger partial charge in [0, 0.05) is 19.6 Å². The Balaban J connectivity index is 2.45. The molecule has 1 heterocycles. The first-order valence-corrected chi connectivity index (χ1v) is 6.05. The van der Waals surface area contributed by atoms with Crippen LogP contribution < -0.4 is 11.1 Å². The second-order valence-electron chi connectivity index (χ2n) is 5.30. The Bertz CT molecular complexity index is 321. The summed E-state index contributed by atoms with van der Waals surface area (Å²) in [4.78, 5) is 13.2. The van der Waals surface area contributed by atoms with Crippen LogP contribution in [0, 0.1) is 0 Å². The molecule has 0 aromatic rings. The zero-order chi connectivity index (χ0) is 14.7. The Morgan fingerprint density at radius 3 is 2.68 bits per heavy atom. The van der Waals surface area contributed by atoms with E-state index in [2.05, 4.69) is 0 Å². The van der Waals surface area contributed by atoms with Gasteiger partial charge in [0.05, 0.1) is 18.2 Å². The lowest BCUT2D eigenvalue weighted by molar-refractivity contribution is -0.147. The Labute approximate surface area is 110 Å². The maximum absolute atomic E-state index is 12.0. The van der Waals surface area contributed by atoms with Gasteiger partial charge in [-0.2, -0.15) is 13.2 Å². The molecule has 1 aliphatic rings. The molecule has 1 atom stereocenters. The molecular formula is C11H20F3N3O2. The third-order valence-corrected chi connectivity index (χ3v) is 2.67. The molecule has 112 valence electrons. The van der Waals surface area contributed by atoms with Crippen molar-refractivity contribution in [3.63, 3.8) is 0 Å². The minimum Gasteiger partial charge on any atom is -0.368 e. The summed E-state index contributed by atoms with van der Waals surface area (Å²) in [6.07, 6.45) is -4.60. The number of morpholine rings is 1. The van der Waals surface area contributed by atoms with Gasteiger partial charge < -0.3 is 15.8 Å². The molecule has 0 saturated carbocycles. The van der Waals surface area contributed by atoms with Crippen LogP contribution in [-0.4, -0.2) is 61.4 Å². The van der Waals surface area contributed by atoms with E-state index in [1.54, 1.807) is 4.90 Å². The lowest BCUT2D eigenvalue weighted by atomic mass is 10.1. The summed E-state index contributed by atoms with van der Waals surface area (Å²) in [6, 6.07) is 0. The fraction of sp³-hybridized carbons (Fsp3) is 0.909. The molecule has 0 spiro atoms. The molecule has 3 N–H and O–H groups in total. The fourth-order valence-electron chi connectivity index (χ4n) is 2.12. The number of ether oxygens (including phenoxy) is 1. The third-order valence-electron chi connectivity index (χ3n) is 2.67. The number of hydrogen-bond acceptors (Lipinski definition) is 4. The second kappa shape index (κ2) is 6.06. The average Bonchev–Trinajstić information content (AvgIpc) is 2.23. The van der Waals surface area contributed by atoms with Gasteiger partial charge in [-0.15, -0.1) is 0 Å². The topological polar surface area (TPSA) is 67.6 Å². The van der Waals surface area contributed by atoms with Crippen LogP contribution in [-0.2, 0) is 9.53 Å². The summed E-state index contributed by atoms with van der Waals surface area (Å²) in [5.41, 5.74) is 5.07. The predicted molar refractivity (Wildman–Crippen MR) is 63.5 cm³/mol. The van der Waals surface area contributed by atoms with E-state index in [1.165, 1.54) is 0 Å². The smallest absolute Gasteiger partial charge is 0.368 e. The molecule has 1 aliphatic heterocycles. The predicted octanol–water partition coefficient (Wildman–Crippen LogP) is 0.103. The number of amides is 1. The van der Waals surface area contributed by atoms with Crippen molar-refractivity contribution in [1.29, 1.82) is 0 Å². The van der Waals surface area contributed by atoms with E-state index < -0.39 is 24.2 Å². The highest BCUT2D eigenvalue weighted by Gasteiger charge is 2.34. The Morgan fingerprint density at radius 1 is 1.53 bits per heavy atom. The van der Waals surface area contributed by atoms with Crippen LogP contribution in [0.2, 0.25) is 0 Å². The van der Waals surface area contributed by atoms with Crippen LogP contribution in [0.3, 0.4) is 0 Å². The SMILES string of the molecule is CC1(C)CN(CC(=O)NCC(F)(F)F)CC(CN)O1. The van der Waals surface area contributed by atoms with Gasteiger partial charge in [-0.3, -0.25) is 9.69 Å². The first-order chi connectivity index (χ1) is 8.61. The van der Waals surface area contributed by atoms with Crippen molar-refractivity contribution >= 4 is 5.91 Å². The maximum atomic E-state index is 12.0. The molecule has 19 heavy (non-hydrogen) atoms. The van der Waals surface area contributed by atoms with Crippen molar-refractivity contribution in [2.45, 2.75) is 31.7 Å². The summed E-state index contributed by atoms with van der Waals surface area (Å²) in [5.74, 6) is -0.647. The molecule has 1 fully saturated rings. The standard InChI is InChI=1S/C11H20F3N3O2/c1-10(2)7-17(4-8(3-15)19-10)5-9(18)16-6-11(12,13)14/h8H,3-7,15H2,1-2H3,(H,16,18). The molecule has 1 rings (SSSR count). The quantitative estimate of drug-likeness (QED) is 0.768. The lowest BCUT2D eigenvalue weighted by Crippen LogP contribution is -2.56. The van der Waals surface area contributed by atoms with E-state index in [4.69, 9.17) is 10.5 Å². The van der Waals surface area contributed by atoms with Gasteiger partial charge in [-0.1, -0.05) is 0 Å². The minimum absolute atomic E-state index is 0.0840. The first kappa shape index (κ1) is 16.2. The van der Waals surface area contributed by atoms with Crippen molar-refractivity contribution in [3.8, 4) is 0 Å². The van der Waals surface area contributed by atoms with Gasteiger partial charge >= 0.3 is 6.18 Å². The first-order valence-electron chi connectivity index (χ1n) is 6.05. The molecule has 0 aromatic heterocycles. The van der Waals surface area contributed by atoms with Gasteiger partial charge in [0.1, 0.15) is 6.54 Å². The monoisotopic (exact) mass is 283 g/mol. The number of halogens is 3. The highest BCUT2D eigenvalue weighted by Crippen LogP contribution is 2.20. The second-order valence-corrected chi connectivity index (χ2v) is 5.30. The van der Waals surface area contributed by atoms with E-state index in [0.717, 1.165) is 0 Å². The van der Waals surface area contributed by atoms with Crippen LogP contribution in [0.4, 0.5) is 13.2 Å². The number of alkyl halides is 3. The zero-order valence-corrected chi connectivity index (χ0v) is 11.1. The molecule has 0 bridgehead atoms. The molecule has 8 heteroatoms. The molecule has 5 nitrogen and oxygen atoms in total. The summed E-state index contributed by atoms with van der Waals surface area (Å²) in [5, 5.41) is 1.85. The zero-order valence-electron chi connectivity index (χ0n) is 11.1. The molecule has 0 radical (unpaired) electrons. The van der Waals surface area contributed by atoms with Crippen molar-refractivity contribution in [2.24, 2.45) is 5.73 Å². The van der Waals surface area contributed by atoms with Crippen LogP contribution in [0.1, 0.15) is 13.8 Å². The normalized spacial score (nSPS) is 24.2. The van der Waals surface area contributed by atoms with Gasteiger partial charge in [-0.05, 0) is 13.8 Å². The molecule has 1 saturated heterocycles. The summed E-state index contributed by atoms with van der Waals surface area (Å²) >= 11 is 0. The van der Waals surface area contributed by atoms with E-state index >= 15 is 0 Å². The van der Waals surface area contributed by atoms with Gasteiger partial charge in [0.2, 0.25) is 5.91 Å². The van der Waals surface area contributed by atoms with Gasteiger partial charge in [0.15, 0.2) is 0 Å². The average molecular weight is 283 g/mol. The van der Waals surface area contributed by atoms with Gasteiger partial charge in [-0.25, -0.2) is 0 Å². The number of nitrogens with one attached hydrogen (secondary N) is 1. The highest BCUT2D eigenvalue weighted by atomic mass is 19.4. The number of carbonyl (C=O) groups is 1. The van der Waals surface area contributed by atoms with Crippen LogP contribution in [0.5, 0.6) is 0 Å². The largest absolute Gasteiger partial charge is 0.405 e. The number of rotatable bonds is 4.